The first-order chi connectivity index (χ1) is 6.50. The van der Waals surface area contributed by atoms with E-state index in [1.54, 1.807) is 26.2 Å². The summed E-state index contributed by atoms with van der Waals surface area (Å²) in [6.07, 6.45) is 3.40. The molecule has 1 aromatic rings. The Morgan fingerprint density at radius 2 is 2.36 bits per heavy atom. The molecule has 0 aliphatic heterocycles. The van der Waals surface area contributed by atoms with E-state index in [9.17, 15) is 4.79 Å². The maximum absolute atomic E-state index is 11.4. The summed E-state index contributed by atoms with van der Waals surface area (Å²) in [5.41, 5.74) is 5.75. The Balaban J connectivity index is 2.46. The molecule has 1 aromatic heterocycles. The lowest BCUT2D eigenvalue weighted by atomic mass is 10.1. The zero-order chi connectivity index (χ0) is 10.6. The van der Waals surface area contributed by atoms with E-state index >= 15 is 0 Å². The summed E-state index contributed by atoms with van der Waals surface area (Å²) < 4.78 is 0. The topological polar surface area (TPSA) is 68.0 Å². The van der Waals surface area contributed by atoms with E-state index in [1.807, 2.05) is 12.1 Å². The Bertz CT molecular complexity index is 303. The molecule has 0 spiro atoms. The van der Waals surface area contributed by atoms with Crippen LogP contribution in [0.15, 0.2) is 24.5 Å². The fourth-order valence-corrected chi connectivity index (χ4v) is 0.913. The van der Waals surface area contributed by atoms with Gasteiger partial charge in [0.2, 0.25) is 5.91 Å². The number of carbonyl (C=O) groups excluding carboxylic acids is 1. The molecule has 0 fully saturated rings. The number of nitrogens with two attached hydrogens (primary N) is 1. The van der Waals surface area contributed by atoms with Gasteiger partial charge in [0.25, 0.3) is 0 Å². The van der Waals surface area contributed by atoms with Gasteiger partial charge in [0.15, 0.2) is 0 Å². The second-order valence-corrected chi connectivity index (χ2v) is 3.77. The molecule has 14 heavy (non-hydrogen) atoms. The smallest absolute Gasteiger partial charge is 0.239 e. The molecule has 0 saturated heterocycles. The van der Waals surface area contributed by atoms with E-state index in [0.717, 1.165) is 5.56 Å². The molecule has 0 saturated carbocycles. The number of hydrogen-bond donors (Lipinski definition) is 2. The fourth-order valence-electron chi connectivity index (χ4n) is 0.913. The molecule has 0 bridgehead atoms. The molecule has 0 aromatic carbocycles. The van der Waals surface area contributed by atoms with Gasteiger partial charge >= 0.3 is 0 Å². The number of hydrogen-bond acceptors (Lipinski definition) is 3. The van der Waals surface area contributed by atoms with Gasteiger partial charge in [-0.05, 0) is 25.5 Å². The third kappa shape index (κ3) is 3.14. The van der Waals surface area contributed by atoms with E-state index in [2.05, 4.69) is 10.3 Å². The highest BCUT2D eigenvalue weighted by Gasteiger charge is 2.20. The number of nitrogens with zero attached hydrogens (tertiary/aromatic N) is 1. The lowest BCUT2D eigenvalue weighted by Crippen LogP contribution is -2.48. The van der Waals surface area contributed by atoms with Crippen LogP contribution in [0.1, 0.15) is 19.4 Å². The van der Waals surface area contributed by atoms with Crippen LogP contribution in [0.3, 0.4) is 0 Å². The summed E-state index contributed by atoms with van der Waals surface area (Å²) in [7, 11) is 0. The molecule has 1 rings (SSSR count). The van der Waals surface area contributed by atoms with Gasteiger partial charge < -0.3 is 11.1 Å². The first-order valence-electron chi connectivity index (χ1n) is 4.46. The first-order valence-corrected chi connectivity index (χ1v) is 4.46. The van der Waals surface area contributed by atoms with E-state index in [1.165, 1.54) is 0 Å². The van der Waals surface area contributed by atoms with Crippen LogP contribution in [0.25, 0.3) is 0 Å². The van der Waals surface area contributed by atoms with Crippen molar-refractivity contribution in [3.63, 3.8) is 0 Å². The van der Waals surface area contributed by atoms with Crippen LogP contribution in [-0.2, 0) is 11.3 Å². The number of rotatable bonds is 3. The van der Waals surface area contributed by atoms with Crippen LogP contribution in [-0.4, -0.2) is 16.4 Å². The van der Waals surface area contributed by atoms with Crippen LogP contribution < -0.4 is 11.1 Å². The van der Waals surface area contributed by atoms with Crippen molar-refractivity contribution in [3.05, 3.63) is 30.1 Å². The van der Waals surface area contributed by atoms with Crippen molar-refractivity contribution < 1.29 is 4.79 Å². The van der Waals surface area contributed by atoms with Crippen LogP contribution >= 0.6 is 0 Å². The molecule has 76 valence electrons. The highest BCUT2D eigenvalue weighted by molar-refractivity contribution is 5.84. The second-order valence-electron chi connectivity index (χ2n) is 3.77. The standard InChI is InChI=1S/C10H15N3O/c1-10(2,11)9(14)13-7-8-4-3-5-12-6-8/h3-6H,7,11H2,1-2H3,(H,13,14). The molecular weight excluding hydrogens is 178 g/mol. The summed E-state index contributed by atoms with van der Waals surface area (Å²) >= 11 is 0. The summed E-state index contributed by atoms with van der Waals surface area (Å²) in [5.74, 6) is -0.165. The molecule has 4 heteroatoms. The largest absolute Gasteiger partial charge is 0.350 e. The quantitative estimate of drug-likeness (QED) is 0.731. The highest BCUT2D eigenvalue weighted by atomic mass is 16.2. The van der Waals surface area contributed by atoms with Gasteiger partial charge in [-0.15, -0.1) is 0 Å². The molecule has 4 nitrogen and oxygen atoms in total. The van der Waals surface area contributed by atoms with Crippen LogP contribution in [0.2, 0.25) is 0 Å². The summed E-state index contributed by atoms with van der Waals surface area (Å²) in [6, 6.07) is 3.73. The molecule has 0 atom stereocenters. The van der Waals surface area contributed by atoms with E-state index in [0.29, 0.717) is 6.54 Å². The predicted molar refractivity (Wildman–Crippen MR) is 54.4 cm³/mol. The van der Waals surface area contributed by atoms with Crippen LogP contribution in [0.4, 0.5) is 0 Å². The second kappa shape index (κ2) is 4.19. The Morgan fingerprint density at radius 1 is 1.64 bits per heavy atom. The van der Waals surface area contributed by atoms with E-state index in [-0.39, 0.29) is 5.91 Å². The molecule has 0 unspecified atom stereocenters. The van der Waals surface area contributed by atoms with Crippen molar-refractivity contribution in [1.29, 1.82) is 0 Å². The maximum atomic E-state index is 11.4. The molecule has 0 radical (unpaired) electrons. The molecular formula is C10H15N3O. The zero-order valence-electron chi connectivity index (χ0n) is 8.45. The Labute approximate surface area is 83.5 Å². The predicted octanol–water partition coefficient (Wildman–Crippen LogP) is 0.435. The Morgan fingerprint density at radius 3 is 2.86 bits per heavy atom. The monoisotopic (exact) mass is 193 g/mol. The minimum Gasteiger partial charge on any atom is -0.350 e. The minimum absolute atomic E-state index is 0.165. The van der Waals surface area contributed by atoms with Gasteiger partial charge in [-0.3, -0.25) is 9.78 Å². The molecule has 0 aliphatic rings. The average Bonchev–Trinajstić information content (AvgIpc) is 2.14. The third-order valence-corrected chi connectivity index (χ3v) is 1.76. The number of aromatic nitrogens is 1. The molecule has 1 amide bonds. The van der Waals surface area contributed by atoms with Crippen molar-refractivity contribution >= 4 is 5.91 Å². The fraction of sp³-hybridized carbons (Fsp3) is 0.400. The SMILES string of the molecule is CC(C)(N)C(=O)NCc1cccnc1. The molecule has 1 heterocycles. The normalized spacial score (nSPS) is 11.1. The highest BCUT2D eigenvalue weighted by Crippen LogP contribution is 1.98. The van der Waals surface area contributed by atoms with Gasteiger partial charge in [-0.1, -0.05) is 6.07 Å². The number of carbonyl (C=O) groups is 1. The minimum atomic E-state index is -0.831. The van der Waals surface area contributed by atoms with Gasteiger partial charge in [0, 0.05) is 18.9 Å². The van der Waals surface area contributed by atoms with Crippen LogP contribution in [0.5, 0.6) is 0 Å². The number of pyridine rings is 1. The lowest BCUT2D eigenvalue weighted by Gasteiger charge is -2.17. The van der Waals surface area contributed by atoms with Gasteiger partial charge in [0.05, 0.1) is 5.54 Å². The van der Waals surface area contributed by atoms with Gasteiger partial charge in [-0.25, -0.2) is 0 Å². The van der Waals surface area contributed by atoms with E-state index in [4.69, 9.17) is 5.73 Å². The number of amides is 1. The zero-order valence-corrected chi connectivity index (χ0v) is 8.45. The van der Waals surface area contributed by atoms with Crippen molar-refractivity contribution in [2.75, 3.05) is 0 Å². The molecule has 3 N–H and O–H groups in total. The van der Waals surface area contributed by atoms with Crippen molar-refractivity contribution in [2.45, 2.75) is 25.9 Å². The van der Waals surface area contributed by atoms with Gasteiger partial charge in [0.1, 0.15) is 0 Å². The summed E-state index contributed by atoms with van der Waals surface area (Å²) in [5, 5.41) is 2.73. The van der Waals surface area contributed by atoms with Crippen molar-refractivity contribution in [1.82, 2.24) is 10.3 Å². The van der Waals surface area contributed by atoms with Gasteiger partial charge in [-0.2, -0.15) is 0 Å². The average molecular weight is 193 g/mol. The first kappa shape index (κ1) is 10.7. The Kier molecular flexibility index (Phi) is 3.19. The summed E-state index contributed by atoms with van der Waals surface area (Å²) in [6.45, 7) is 3.81. The lowest BCUT2D eigenvalue weighted by molar-refractivity contribution is -0.125. The van der Waals surface area contributed by atoms with Crippen LogP contribution in [0, 0.1) is 0 Å². The van der Waals surface area contributed by atoms with Crippen molar-refractivity contribution in [2.24, 2.45) is 5.73 Å². The third-order valence-electron chi connectivity index (χ3n) is 1.76. The summed E-state index contributed by atoms with van der Waals surface area (Å²) in [4.78, 5) is 15.3. The van der Waals surface area contributed by atoms with E-state index < -0.39 is 5.54 Å². The Hall–Kier alpha value is -1.42. The van der Waals surface area contributed by atoms with Crippen molar-refractivity contribution in [3.8, 4) is 0 Å². The maximum Gasteiger partial charge on any atom is 0.239 e. The molecule has 0 aliphatic carbocycles. The number of nitrogens with one attached hydrogen (secondary N) is 1.